The summed E-state index contributed by atoms with van der Waals surface area (Å²) in [4.78, 5) is 18.0. The molecule has 3 aromatic carbocycles. The Morgan fingerprint density at radius 1 is 1.05 bits per heavy atom. The third-order valence-corrected chi connectivity index (χ3v) is 7.71. The number of allylic oxidation sites excluding steroid dienone is 1. The van der Waals surface area contributed by atoms with E-state index < -0.39 is 12.0 Å². The standard InChI is InChI=1S/C32H33FN4O3S/c1-4-5-18-39-30(38)28-22(3)34-31-35-32(41-20-25-8-6-7-9-27(25)33)36-37(31)29(28)24-14-16-26(17-15-24)40-19-23-12-10-21(2)11-13-23/h6-17,29H,4-5,18-20H2,1-3H3,(H,34,35,36). The second-order valence-electron chi connectivity index (χ2n) is 9.94. The van der Waals surface area contributed by atoms with Gasteiger partial charge in [-0.25, -0.2) is 13.9 Å². The molecule has 1 aliphatic heterocycles. The Kier molecular flexibility index (Phi) is 9.04. The molecule has 0 fully saturated rings. The molecule has 1 atom stereocenters. The summed E-state index contributed by atoms with van der Waals surface area (Å²) in [6.07, 6.45) is 1.71. The number of ether oxygens (including phenoxy) is 2. The summed E-state index contributed by atoms with van der Waals surface area (Å²) < 4.78 is 27.5. The molecule has 7 nitrogen and oxygen atoms in total. The first-order chi connectivity index (χ1) is 19.9. The first kappa shape index (κ1) is 28.4. The highest BCUT2D eigenvalue weighted by Crippen LogP contribution is 2.37. The third kappa shape index (κ3) is 6.79. The van der Waals surface area contributed by atoms with E-state index in [1.54, 1.807) is 22.9 Å². The van der Waals surface area contributed by atoms with Crippen LogP contribution in [0, 0.1) is 12.7 Å². The Morgan fingerprint density at radius 3 is 2.54 bits per heavy atom. The van der Waals surface area contributed by atoms with Crippen LogP contribution in [0.5, 0.6) is 5.75 Å². The van der Waals surface area contributed by atoms with Gasteiger partial charge >= 0.3 is 5.97 Å². The molecule has 2 heterocycles. The first-order valence-corrected chi connectivity index (χ1v) is 14.7. The minimum Gasteiger partial charge on any atom is -0.489 e. The van der Waals surface area contributed by atoms with Crippen molar-refractivity contribution < 1.29 is 18.7 Å². The van der Waals surface area contributed by atoms with Gasteiger partial charge in [-0.15, -0.1) is 5.10 Å². The number of thioether (sulfide) groups is 1. The number of carbonyl (C=O) groups is 1. The summed E-state index contributed by atoms with van der Waals surface area (Å²) in [5, 5.41) is 8.43. The SMILES string of the molecule is CCCCOC(=O)C1=C(C)Nc2nc(SCc3ccccc3F)nn2C1c1ccc(OCc2ccc(C)cc2)cc1. The van der Waals surface area contributed by atoms with E-state index >= 15 is 0 Å². The third-order valence-electron chi connectivity index (χ3n) is 6.82. The number of hydrogen-bond donors (Lipinski definition) is 1. The Labute approximate surface area is 243 Å². The molecule has 1 aromatic heterocycles. The number of hydrogen-bond acceptors (Lipinski definition) is 7. The predicted octanol–water partition coefficient (Wildman–Crippen LogP) is 7.23. The van der Waals surface area contributed by atoms with Crippen molar-refractivity contribution in [2.24, 2.45) is 0 Å². The van der Waals surface area contributed by atoms with Crippen LogP contribution < -0.4 is 10.1 Å². The van der Waals surface area contributed by atoms with Crippen LogP contribution in [0.15, 0.2) is 89.2 Å². The maximum Gasteiger partial charge on any atom is 0.338 e. The van der Waals surface area contributed by atoms with Gasteiger partial charge in [0, 0.05) is 11.4 Å². The van der Waals surface area contributed by atoms with Gasteiger partial charge in [0.25, 0.3) is 0 Å². The highest BCUT2D eigenvalue weighted by atomic mass is 32.2. The van der Waals surface area contributed by atoms with Crippen molar-refractivity contribution in [3.63, 3.8) is 0 Å². The smallest absolute Gasteiger partial charge is 0.338 e. The minimum atomic E-state index is -0.554. The van der Waals surface area contributed by atoms with Crippen molar-refractivity contribution in [1.29, 1.82) is 0 Å². The molecule has 9 heteroatoms. The normalized spacial score (nSPS) is 14.4. The van der Waals surface area contributed by atoms with Gasteiger partial charge in [-0.05, 0) is 55.2 Å². The van der Waals surface area contributed by atoms with Gasteiger partial charge in [0.2, 0.25) is 11.1 Å². The molecule has 0 bridgehead atoms. The highest BCUT2D eigenvalue weighted by Gasteiger charge is 2.35. The summed E-state index contributed by atoms with van der Waals surface area (Å²) in [6, 6.07) is 22.0. The van der Waals surface area contributed by atoms with Gasteiger partial charge in [-0.3, -0.25) is 0 Å². The monoisotopic (exact) mass is 572 g/mol. The molecule has 1 unspecified atom stereocenters. The molecule has 212 valence electrons. The largest absolute Gasteiger partial charge is 0.489 e. The van der Waals surface area contributed by atoms with Crippen LogP contribution in [0.4, 0.5) is 10.3 Å². The van der Waals surface area contributed by atoms with E-state index in [9.17, 15) is 9.18 Å². The lowest BCUT2D eigenvalue weighted by atomic mass is 9.96. The Balaban J connectivity index is 1.40. The van der Waals surface area contributed by atoms with Crippen molar-refractivity contribution in [2.75, 3.05) is 11.9 Å². The fraction of sp³-hybridized carbons (Fsp3) is 0.281. The van der Waals surface area contributed by atoms with E-state index in [1.165, 1.54) is 23.4 Å². The molecule has 41 heavy (non-hydrogen) atoms. The van der Waals surface area contributed by atoms with Crippen LogP contribution in [-0.4, -0.2) is 27.3 Å². The number of aromatic nitrogens is 3. The van der Waals surface area contributed by atoms with Gasteiger partial charge in [0.1, 0.15) is 24.2 Å². The van der Waals surface area contributed by atoms with E-state index in [-0.39, 0.29) is 5.82 Å². The highest BCUT2D eigenvalue weighted by molar-refractivity contribution is 7.98. The molecule has 0 amide bonds. The van der Waals surface area contributed by atoms with Gasteiger partial charge in [-0.1, -0.05) is 85.3 Å². The number of fused-ring (bicyclic) bond motifs is 1. The fourth-order valence-corrected chi connectivity index (χ4v) is 5.32. The Morgan fingerprint density at radius 2 is 1.80 bits per heavy atom. The maximum absolute atomic E-state index is 14.2. The quantitative estimate of drug-likeness (QED) is 0.115. The van der Waals surface area contributed by atoms with E-state index in [0.29, 0.717) is 46.9 Å². The molecule has 5 rings (SSSR count). The molecular formula is C32H33FN4O3S. The lowest BCUT2D eigenvalue weighted by Gasteiger charge is -2.28. The van der Waals surface area contributed by atoms with E-state index in [2.05, 4.69) is 41.5 Å². The van der Waals surface area contributed by atoms with E-state index in [4.69, 9.17) is 14.6 Å². The number of carbonyl (C=O) groups excluding carboxylic acids is 1. The zero-order valence-electron chi connectivity index (χ0n) is 23.4. The molecule has 0 saturated carbocycles. The summed E-state index contributed by atoms with van der Waals surface area (Å²) in [5.74, 6) is 0.949. The number of nitrogens with zero attached hydrogens (tertiary/aromatic N) is 3. The second-order valence-corrected chi connectivity index (χ2v) is 10.9. The average molecular weight is 573 g/mol. The summed E-state index contributed by atoms with van der Waals surface area (Å²) in [7, 11) is 0. The van der Waals surface area contributed by atoms with Gasteiger partial charge < -0.3 is 14.8 Å². The number of unbranched alkanes of at least 4 members (excludes halogenated alkanes) is 1. The van der Waals surface area contributed by atoms with Crippen molar-refractivity contribution in [3.05, 3.63) is 112 Å². The van der Waals surface area contributed by atoms with Crippen LogP contribution in [0.3, 0.4) is 0 Å². The lowest BCUT2D eigenvalue weighted by Crippen LogP contribution is -2.29. The molecule has 4 aromatic rings. The van der Waals surface area contributed by atoms with Crippen molar-refractivity contribution >= 4 is 23.7 Å². The Bertz CT molecular complexity index is 1530. The molecule has 0 aliphatic carbocycles. The van der Waals surface area contributed by atoms with Crippen LogP contribution in [0.2, 0.25) is 0 Å². The summed E-state index contributed by atoms with van der Waals surface area (Å²) in [6.45, 7) is 6.75. The second kappa shape index (κ2) is 13.0. The number of esters is 1. The van der Waals surface area contributed by atoms with Gasteiger partial charge in [0.05, 0.1) is 12.2 Å². The summed E-state index contributed by atoms with van der Waals surface area (Å²) >= 11 is 1.34. The van der Waals surface area contributed by atoms with Crippen molar-refractivity contribution in [3.8, 4) is 5.75 Å². The maximum atomic E-state index is 14.2. The first-order valence-electron chi connectivity index (χ1n) is 13.7. The Hall–Kier alpha value is -4.11. The number of nitrogens with one attached hydrogen (secondary N) is 1. The fourth-order valence-electron chi connectivity index (χ4n) is 4.51. The summed E-state index contributed by atoms with van der Waals surface area (Å²) in [5.41, 5.74) is 4.83. The molecule has 0 spiro atoms. The molecule has 1 aliphatic rings. The van der Waals surface area contributed by atoms with Crippen LogP contribution in [-0.2, 0) is 21.9 Å². The van der Waals surface area contributed by atoms with Crippen molar-refractivity contribution in [1.82, 2.24) is 14.8 Å². The van der Waals surface area contributed by atoms with Crippen LogP contribution in [0.1, 0.15) is 55.0 Å². The zero-order valence-corrected chi connectivity index (χ0v) is 24.2. The number of aryl methyl sites for hydroxylation is 1. The zero-order chi connectivity index (χ0) is 28.8. The van der Waals surface area contributed by atoms with E-state index in [1.807, 2.05) is 38.1 Å². The minimum absolute atomic E-state index is 0.265. The number of halogens is 1. The van der Waals surface area contributed by atoms with Gasteiger partial charge in [-0.2, -0.15) is 4.98 Å². The van der Waals surface area contributed by atoms with Crippen LogP contribution >= 0.6 is 11.8 Å². The number of benzene rings is 3. The number of anilines is 1. The predicted molar refractivity (Wildman–Crippen MR) is 158 cm³/mol. The lowest BCUT2D eigenvalue weighted by molar-refractivity contribution is -0.139. The average Bonchev–Trinajstić information content (AvgIpc) is 3.38. The topological polar surface area (TPSA) is 78.3 Å². The molecule has 0 radical (unpaired) electrons. The molecule has 0 saturated heterocycles. The molecule has 1 N–H and O–H groups in total. The van der Waals surface area contributed by atoms with Gasteiger partial charge in [0.15, 0.2) is 0 Å². The van der Waals surface area contributed by atoms with E-state index in [0.717, 1.165) is 29.7 Å². The van der Waals surface area contributed by atoms with Crippen LogP contribution in [0.25, 0.3) is 0 Å². The van der Waals surface area contributed by atoms with Crippen molar-refractivity contribution in [2.45, 2.75) is 57.2 Å². The number of rotatable bonds is 11. The molecular weight excluding hydrogens is 539 g/mol.